The van der Waals surface area contributed by atoms with Crippen molar-refractivity contribution >= 4 is 5.97 Å². The molecule has 0 aromatic carbocycles. The minimum Gasteiger partial charge on any atom is -1.00 e. The number of ether oxygens (including phenoxy) is 1. The third-order valence-corrected chi connectivity index (χ3v) is 0.935. The maximum absolute atomic E-state index is 10.3. The van der Waals surface area contributed by atoms with Crippen LogP contribution < -0.4 is 17.7 Å². The molecule has 0 saturated heterocycles. The van der Waals surface area contributed by atoms with Crippen LogP contribution in [0, 0.1) is 0 Å². The van der Waals surface area contributed by atoms with Crippen molar-refractivity contribution in [1.29, 1.82) is 0 Å². The predicted molar refractivity (Wildman–Crippen MR) is 33.9 cm³/mol. The molecule has 0 aliphatic rings. The van der Waals surface area contributed by atoms with Crippen molar-refractivity contribution in [3.05, 3.63) is 0 Å². The molecule has 0 radical (unpaired) electrons. The summed E-state index contributed by atoms with van der Waals surface area (Å²) < 4.78 is 4.82. The fourth-order valence-electron chi connectivity index (χ4n) is 0.663. The van der Waals surface area contributed by atoms with Crippen molar-refractivity contribution in [3.8, 4) is 0 Å². The van der Waals surface area contributed by atoms with Crippen molar-refractivity contribution in [2.75, 3.05) is 13.6 Å². The number of hydrogen-bond donors (Lipinski definition) is 1. The van der Waals surface area contributed by atoms with Gasteiger partial charge in [0, 0.05) is 6.92 Å². The monoisotopic (exact) mass is 167 g/mol. The quantitative estimate of drug-likeness (QED) is 0.438. The number of carbonyl (C=O) groups is 1. The topological polar surface area (TPSA) is 42.9 Å². The van der Waals surface area contributed by atoms with Gasteiger partial charge in [0.1, 0.15) is 12.6 Å². The van der Waals surface area contributed by atoms with Crippen LogP contribution in [-0.4, -0.2) is 25.7 Å². The third kappa shape index (κ3) is 7.72. The highest BCUT2D eigenvalue weighted by Gasteiger charge is 2.03. The summed E-state index contributed by atoms with van der Waals surface area (Å²) in [4.78, 5) is 10.3. The molecule has 0 rings (SSSR count). The molecule has 62 valence electrons. The van der Waals surface area contributed by atoms with E-state index in [0.717, 1.165) is 6.54 Å². The Morgan fingerprint density at radius 1 is 1.70 bits per heavy atom. The van der Waals surface area contributed by atoms with E-state index in [1.165, 1.54) is 6.92 Å². The molecule has 0 amide bonds. The molecule has 3 nitrogen and oxygen atoms in total. The van der Waals surface area contributed by atoms with Crippen LogP contribution in [0.1, 0.15) is 13.8 Å². The minimum absolute atomic E-state index is 0. The van der Waals surface area contributed by atoms with E-state index in [2.05, 4.69) is 0 Å². The summed E-state index contributed by atoms with van der Waals surface area (Å²) in [6.45, 7) is 4.13. The molecule has 0 spiro atoms. The highest BCUT2D eigenvalue weighted by atomic mass is 35.5. The molecule has 1 unspecified atom stereocenters. The molecular formula is C6H14ClNO2. The Hall–Kier alpha value is -0.280. The van der Waals surface area contributed by atoms with Gasteiger partial charge in [0.2, 0.25) is 0 Å². The molecule has 10 heavy (non-hydrogen) atoms. The summed E-state index contributed by atoms with van der Waals surface area (Å²) in [5.74, 6) is -0.204. The van der Waals surface area contributed by atoms with E-state index >= 15 is 0 Å². The summed E-state index contributed by atoms with van der Waals surface area (Å²) in [5.41, 5.74) is 0. The molecular weight excluding hydrogens is 154 g/mol. The number of nitrogens with two attached hydrogens (primary N) is 1. The van der Waals surface area contributed by atoms with E-state index in [9.17, 15) is 4.79 Å². The molecule has 0 aliphatic carbocycles. The molecule has 0 saturated carbocycles. The van der Waals surface area contributed by atoms with Gasteiger partial charge in [0.15, 0.2) is 0 Å². The Kier molecular flexibility index (Phi) is 8.48. The van der Waals surface area contributed by atoms with E-state index < -0.39 is 0 Å². The fraction of sp³-hybridized carbons (Fsp3) is 0.833. The van der Waals surface area contributed by atoms with Crippen molar-refractivity contribution < 1.29 is 27.3 Å². The van der Waals surface area contributed by atoms with E-state index in [4.69, 9.17) is 4.74 Å². The van der Waals surface area contributed by atoms with Crippen LogP contribution in [0.5, 0.6) is 0 Å². The second kappa shape index (κ2) is 6.83. The number of esters is 1. The molecule has 2 N–H and O–H groups in total. The molecule has 0 fully saturated rings. The van der Waals surface area contributed by atoms with E-state index in [-0.39, 0.29) is 24.5 Å². The molecule has 0 aromatic rings. The summed E-state index contributed by atoms with van der Waals surface area (Å²) in [6.07, 6.45) is 0.0347. The number of quaternary nitrogens is 1. The second-order valence-corrected chi connectivity index (χ2v) is 2.06. The fourth-order valence-corrected chi connectivity index (χ4v) is 0.663. The maximum Gasteiger partial charge on any atom is 0.303 e. The maximum atomic E-state index is 10.3. The Bertz CT molecular complexity index is 97.7. The van der Waals surface area contributed by atoms with E-state index in [1.807, 2.05) is 19.3 Å². The summed E-state index contributed by atoms with van der Waals surface area (Å²) in [7, 11) is 1.94. The van der Waals surface area contributed by atoms with Gasteiger partial charge in [-0.1, -0.05) is 0 Å². The largest absolute Gasteiger partial charge is 1.00 e. The standard InChI is InChI=1S/C6H13NO2.ClH/c1-5(4-7-3)9-6(2)8;/h5,7H,4H2,1-3H3;1H. The molecule has 0 aromatic heterocycles. The van der Waals surface area contributed by atoms with Crippen LogP contribution >= 0.6 is 0 Å². The van der Waals surface area contributed by atoms with Gasteiger partial charge in [-0.05, 0) is 6.92 Å². The first-order valence-electron chi connectivity index (χ1n) is 3.12. The molecule has 0 aliphatic heterocycles. The van der Waals surface area contributed by atoms with Gasteiger partial charge in [-0.2, -0.15) is 0 Å². The van der Waals surface area contributed by atoms with Crippen LogP contribution in [-0.2, 0) is 9.53 Å². The zero-order valence-electron chi connectivity index (χ0n) is 6.56. The van der Waals surface area contributed by atoms with Gasteiger partial charge < -0.3 is 22.5 Å². The lowest BCUT2D eigenvalue weighted by Gasteiger charge is -2.07. The van der Waals surface area contributed by atoms with Gasteiger partial charge >= 0.3 is 5.97 Å². The SMILES string of the molecule is C[NH2+]CC(C)OC(C)=O.[Cl-]. The van der Waals surface area contributed by atoms with Gasteiger partial charge in [0.05, 0.1) is 7.05 Å². The summed E-state index contributed by atoms with van der Waals surface area (Å²) >= 11 is 0. The number of carbonyl (C=O) groups excluding carboxylic acids is 1. The lowest BCUT2D eigenvalue weighted by atomic mass is 10.4. The zero-order chi connectivity index (χ0) is 7.28. The number of hydrogen-bond acceptors (Lipinski definition) is 2. The highest BCUT2D eigenvalue weighted by Crippen LogP contribution is 1.85. The van der Waals surface area contributed by atoms with Crippen LogP contribution in [0.3, 0.4) is 0 Å². The lowest BCUT2D eigenvalue weighted by molar-refractivity contribution is -0.632. The van der Waals surface area contributed by atoms with Crippen LogP contribution in [0.15, 0.2) is 0 Å². The lowest BCUT2D eigenvalue weighted by Crippen LogP contribution is -3.00. The van der Waals surface area contributed by atoms with Crippen molar-refractivity contribution in [2.24, 2.45) is 0 Å². The molecule has 0 heterocycles. The van der Waals surface area contributed by atoms with Crippen LogP contribution in [0.4, 0.5) is 0 Å². The Morgan fingerprint density at radius 2 is 2.20 bits per heavy atom. The normalized spacial score (nSPS) is 11.5. The summed E-state index contributed by atoms with van der Waals surface area (Å²) in [5, 5.41) is 1.98. The number of halogens is 1. The average Bonchev–Trinajstić information content (AvgIpc) is 1.63. The molecule has 4 heteroatoms. The zero-order valence-corrected chi connectivity index (χ0v) is 7.31. The minimum atomic E-state index is -0.204. The second-order valence-electron chi connectivity index (χ2n) is 2.06. The van der Waals surface area contributed by atoms with Gasteiger partial charge in [-0.15, -0.1) is 0 Å². The first kappa shape index (κ1) is 12.4. The van der Waals surface area contributed by atoms with Gasteiger partial charge in [-0.25, -0.2) is 0 Å². The van der Waals surface area contributed by atoms with E-state index in [0.29, 0.717) is 0 Å². The Morgan fingerprint density at radius 3 is 2.50 bits per heavy atom. The van der Waals surface area contributed by atoms with Crippen molar-refractivity contribution in [2.45, 2.75) is 20.0 Å². The van der Waals surface area contributed by atoms with Crippen LogP contribution in [0.2, 0.25) is 0 Å². The smallest absolute Gasteiger partial charge is 0.303 e. The van der Waals surface area contributed by atoms with Crippen molar-refractivity contribution in [3.63, 3.8) is 0 Å². The van der Waals surface area contributed by atoms with Gasteiger partial charge in [-0.3, -0.25) is 4.79 Å². The Balaban J connectivity index is 0. The average molecular weight is 168 g/mol. The number of rotatable bonds is 3. The molecule has 0 bridgehead atoms. The van der Waals surface area contributed by atoms with Crippen molar-refractivity contribution in [1.82, 2.24) is 0 Å². The Labute approximate surface area is 67.5 Å². The van der Waals surface area contributed by atoms with E-state index in [1.54, 1.807) is 0 Å². The van der Waals surface area contributed by atoms with Crippen LogP contribution in [0.25, 0.3) is 0 Å². The first-order chi connectivity index (χ1) is 4.16. The first-order valence-corrected chi connectivity index (χ1v) is 3.12. The third-order valence-electron chi connectivity index (χ3n) is 0.935. The highest BCUT2D eigenvalue weighted by molar-refractivity contribution is 5.66. The molecule has 1 atom stereocenters. The number of likely N-dealkylation sites (N-methyl/N-ethyl adjacent to an activating group) is 1. The van der Waals surface area contributed by atoms with Gasteiger partial charge in [0.25, 0.3) is 0 Å². The predicted octanol–water partition coefficient (Wildman–Crippen LogP) is -3.86. The summed E-state index contributed by atoms with van der Waals surface area (Å²) in [6, 6.07) is 0.